The Morgan fingerprint density at radius 3 is 2.50 bits per heavy atom. The van der Waals surface area contributed by atoms with Crippen molar-refractivity contribution in [2.45, 2.75) is 12.6 Å². The van der Waals surface area contributed by atoms with Gasteiger partial charge in [0.2, 0.25) is 5.78 Å². The highest BCUT2D eigenvalue weighted by molar-refractivity contribution is 6.42. The number of hydrogen-bond acceptors (Lipinski definition) is 5. The van der Waals surface area contributed by atoms with E-state index in [1.807, 2.05) is 0 Å². The summed E-state index contributed by atoms with van der Waals surface area (Å²) in [6.07, 6.45) is 3.20. The molecule has 0 spiro atoms. The molecule has 9 heteroatoms. The van der Waals surface area contributed by atoms with E-state index in [0.717, 1.165) is 5.56 Å². The largest absolute Gasteiger partial charge is 0.503 e. The zero-order valence-electron chi connectivity index (χ0n) is 17.3. The van der Waals surface area contributed by atoms with Crippen LogP contribution in [0.3, 0.4) is 0 Å². The fourth-order valence-corrected chi connectivity index (χ4v) is 4.51. The molecule has 5 rings (SSSR count). The number of Topliss-reactive ketones (excluding diaryl/α,β-unsaturated/α-hetero) is 1. The van der Waals surface area contributed by atoms with Crippen molar-refractivity contribution in [3.05, 3.63) is 110 Å². The van der Waals surface area contributed by atoms with Gasteiger partial charge >= 0.3 is 0 Å². The quantitative estimate of drug-likeness (QED) is 0.305. The van der Waals surface area contributed by atoms with Crippen LogP contribution in [-0.2, 0) is 11.3 Å². The maximum atomic E-state index is 13.6. The Hall–Kier alpha value is -3.32. The van der Waals surface area contributed by atoms with Gasteiger partial charge in [-0.2, -0.15) is 0 Å². The molecule has 1 N–H and O–H groups in total. The number of aliphatic hydroxyl groups is 1. The van der Waals surface area contributed by atoms with Gasteiger partial charge < -0.3 is 14.4 Å². The van der Waals surface area contributed by atoms with Crippen LogP contribution in [0.15, 0.2) is 82.7 Å². The molecule has 2 aromatic heterocycles. The molecule has 2 aromatic carbocycles. The first-order chi connectivity index (χ1) is 16.3. The molecule has 1 atom stereocenters. The molecule has 0 aliphatic carbocycles. The molecule has 1 unspecified atom stereocenters. The fourth-order valence-electron chi connectivity index (χ4n) is 4.02. The standard InChI is InChI=1S/C25H15Cl3N2O4/c26-16-2-4-19-15(9-16)11-20(34-19)23(31)21-22(14-1-3-17(27)18(28)10-14)30(25(33)24(21)32)12-13-5-7-29-8-6-13/h1-11,22,32H,12H2. The number of benzene rings is 2. The van der Waals surface area contributed by atoms with Crippen molar-refractivity contribution in [3.8, 4) is 0 Å². The monoisotopic (exact) mass is 512 g/mol. The lowest BCUT2D eigenvalue weighted by atomic mass is 9.95. The second-order valence-corrected chi connectivity index (χ2v) is 9.00. The summed E-state index contributed by atoms with van der Waals surface area (Å²) in [5.74, 6) is -1.97. The van der Waals surface area contributed by atoms with Crippen LogP contribution in [0.5, 0.6) is 0 Å². The lowest BCUT2D eigenvalue weighted by Gasteiger charge is -2.27. The molecule has 0 bridgehead atoms. The molecule has 1 amide bonds. The summed E-state index contributed by atoms with van der Waals surface area (Å²) in [6.45, 7) is 0.128. The summed E-state index contributed by atoms with van der Waals surface area (Å²) in [6, 6.07) is 13.9. The number of carbonyl (C=O) groups is 2. The third-order valence-electron chi connectivity index (χ3n) is 5.61. The maximum absolute atomic E-state index is 13.6. The van der Waals surface area contributed by atoms with Gasteiger partial charge in [-0.1, -0.05) is 40.9 Å². The summed E-state index contributed by atoms with van der Waals surface area (Å²) in [5.41, 5.74) is 1.64. The van der Waals surface area contributed by atoms with Gasteiger partial charge in [-0.05, 0) is 59.7 Å². The van der Waals surface area contributed by atoms with E-state index in [4.69, 9.17) is 39.2 Å². The molecule has 0 fully saturated rings. The number of aromatic nitrogens is 1. The number of carbonyl (C=O) groups excluding carboxylic acids is 2. The van der Waals surface area contributed by atoms with Gasteiger partial charge in [-0.25, -0.2) is 0 Å². The first kappa shape index (κ1) is 22.5. The highest BCUT2D eigenvalue weighted by Crippen LogP contribution is 2.42. The van der Waals surface area contributed by atoms with Gasteiger partial charge in [0, 0.05) is 29.3 Å². The minimum Gasteiger partial charge on any atom is -0.503 e. The molecular weight excluding hydrogens is 499 g/mol. The summed E-state index contributed by atoms with van der Waals surface area (Å²) in [4.78, 5) is 32.1. The number of ketones is 1. The average Bonchev–Trinajstić information content (AvgIpc) is 3.35. The molecule has 170 valence electrons. The minimum atomic E-state index is -0.917. The van der Waals surface area contributed by atoms with E-state index in [0.29, 0.717) is 26.6 Å². The van der Waals surface area contributed by atoms with Crippen molar-refractivity contribution < 1.29 is 19.1 Å². The Morgan fingerprint density at radius 1 is 1.00 bits per heavy atom. The maximum Gasteiger partial charge on any atom is 0.290 e. The highest BCUT2D eigenvalue weighted by Gasteiger charge is 2.44. The second kappa shape index (κ2) is 8.80. The third-order valence-corrected chi connectivity index (χ3v) is 6.59. The zero-order chi connectivity index (χ0) is 24.0. The number of pyridine rings is 1. The summed E-state index contributed by atoms with van der Waals surface area (Å²) < 4.78 is 5.72. The predicted molar refractivity (Wildman–Crippen MR) is 129 cm³/mol. The minimum absolute atomic E-state index is 0.0255. The Bertz CT molecular complexity index is 1480. The van der Waals surface area contributed by atoms with Gasteiger partial charge in [-0.3, -0.25) is 14.6 Å². The normalized spacial score (nSPS) is 16.0. The van der Waals surface area contributed by atoms with E-state index < -0.39 is 23.5 Å². The van der Waals surface area contributed by atoms with Crippen molar-refractivity contribution in [3.63, 3.8) is 0 Å². The summed E-state index contributed by atoms with van der Waals surface area (Å²) in [7, 11) is 0. The SMILES string of the molecule is O=C(C1=C(O)C(=O)N(Cc2ccncc2)C1c1ccc(Cl)c(Cl)c1)c1cc2cc(Cl)ccc2o1. The number of furan rings is 1. The molecule has 34 heavy (non-hydrogen) atoms. The Kier molecular flexibility index (Phi) is 5.81. The van der Waals surface area contributed by atoms with Gasteiger partial charge in [0.25, 0.3) is 5.91 Å². The smallest absolute Gasteiger partial charge is 0.290 e. The Labute approximate surface area is 209 Å². The molecule has 1 aliphatic heterocycles. The molecule has 4 aromatic rings. The molecule has 0 saturated carbocycles. The number of fused-ring (bicyclic) bond motifs is 1. The average molecular weight is 514 g/mol. The number of halogens is 3. The molecule has 0 saturated heterocycles. The Morgan fingerprint density at radius 2 is 1.76 bits per heavy atom. The van der Waals surface area contributed by atoms with Gasteiger partial charge in [0.05, 0.1) is 21.7 Å². The number of hydrogen-bond donors (Lipinski definition) is 1. The van der Waals surface area contributed by atoms with Crippen molar-refractivity contribution in [2.24, 2.45) is 0 Å². The molecule has 1 aliphatic rings. The van der Waals surface area contributed by atoms with E-state index >= 15 is 0 Å². The first-order valence-corrected chi connectivity index (χ1v) is 11.3. The zero-order valence-corrected chi connectivity index (χ0v) is 19.6. The number of nitrogens with zero attached hydrogens (tertiary/aromatic N) is 2. The van der Waals surface area contributed by atoms with Crippen LogP contribution in [0.25, 0.3) is 11.0 Å². The van der Waals surface area contributed by atoms with E-state index in [2.05, 4.69) is 4.98 Å². The Balaban J connectivity index is 1.62. The number of rotatable bonds is 5. The molecule has 3 heterocycles. The summed E-state index contributed by atoms with van der Waals surface area (Å²) >= 11 is 18.4. The van der Waals surface area contributed by atoms with E-state index in [9.17, 15) is 14.7 Å². The van der Waals surface area contributed by atoms with Crippen LogP contribution in [0.2, 0.25) is 15.1 Å². The van der Waals surface area contributed by atoms with E-state index in [1.165, 1.54) is 11.0 Å². The fraction of sp³-hybridized carbons (Fsp3) is 0.0800. The van der Waals surface area contributed by atoms with E-state index in [1.54, 1.807) is 60.9 Å². The van der Waals surface area contributed by atoms with Gasteiger partial charge in [0.15, 0.2) is 11.5 Å². The van der Waals surface area contributed by atoms with Crippen LogP contribution in [0.4, 0.5) is 0 Å². The number of aliphatic hydroxyl groups excluding tert-OH is 1. The lowest BCUT2D eigenvalue weighted by molar-refractivity contribution is -0.130. The molecular formula is C25H15Cl3N2O4. The van der Waals surface area contributed by atoms with Crippen molar-refractivity contribution in [1.82, 2.24) is 9.88 Å². The van der Waals surface area contributed by atoms with Crippen LogP contribution in [0.1, 0.15) is 27.7 Å². The molecule has 0 radical (unpaired) electrons. The molecule has 6 nitrogen and oxygen atoms in total. The lowest BCUT2D eigenvalue weighted by Crippen LogP contribution is -2.30. The van der Waals surface area contributed by atoms with Crippen molar-refractivity contribution in [1.29, 1.82) is 0 Å². The summed E-state index contributed by atoms with van der Waals surface area (Å²) in [5, 5.41) is 12.5. The topological polar surface area (TPSA) is 83.6 Å². The van der Waals surface area contributed by atoms with Gasteiger partial charge in [0.1, 0.15) is 5.58 Å². The second-order valence-electron chi connectivity index (χ2n) is 7.75. The first-order valence-electron chi connectivity index (χ1n) is 10.1. The van der Waals surface area contributed by atoms with Crippen molar-refractivity contribution in [2.75, 3.05) is 0 Å². The number of amides is 1. The van der Waals surface area contributed by atoms with Crippen LogP contribution < -0.4 is 0 Å². The predicted octanol–water partition coefficient (Wildman–Crippen LogP) is 6.57. The van der Waals surface area contributed by atoms with Crippen molar-refractivity contribution >= 4 is 57.5 Å². The van der Waals surface area contributed by atoms with Crippen LogP contribution in [0, 0.1) is 0 Å². The van der Waals surface area contributed by atoms with Crippen LogP contribution >= 0.6 is 34.8 Å². The third kappa shape index (κ3) is 3.94. The highest BCUT2D eigenvalue weighted by atomic mass is 35.5. The van der Waals surface area contributed by atoms with Crippen LogP contribution in [-0.4, -0.2) is 26.7 Å². The van der Waals surface area contributed by atoms with E-state index in [-0.39, 0.29) is 22.9 Å². The van der Waals surface area contributed by atoms with Gasteiger partial charge in [-0.15, -0.1) is 0 Å².